The molecule has 2 heterocycles. The third-order valence-electron chi connectivity index (χ3n) is 4.40. The summed E-state index contributed by atoms with van der Waals surface area (Å²) in [7, 11) is 0. The van der Waals surface area contributed by atoms with Gasteiger partial charge in [-0.1, -0.05) is 6.92 Å². The smallest absolute Gasteiger partial charge is 0.257 e. The van der Waals surface area contributed by atoms with E-state index in [9.17, 15) is 4.79 Å². The number of aromatic nitrogens is 5. The monoisotopic (exact) mass is 420 g/mol. The number of aryl methyl sites for hydroxylation is 1. The molecule has 0 saturated heterocycles. The Morgan fingerprint density at radius 1 is 1.20 bits per heavy atom. The molecule has 0 aliphatic rings. The van der Waals surface area contributed by atoms with Crippen molar-refractivity contribution in [3.63, 3.8) is 0 Å². The lowest BCUT2D eigenvalue weighted by Crippen LogP contribution is -2.12. The highest BCUT2D eigenvalue weighted by Gasteiger charge is 2.12. The van der Waals surface area contributed by atoms with Crippen molar-refractivity contribution in [2.24, 2.45) is 0 Å². The molecule has 0 unspecified atom stereocenters. The number of benzene rings is 2. The second kappa shape index (κ2) is 8.83. The van der Waals surface area contributed by atoms with Gasteiger partial charge in [-0.05, 0) is 71.8 Å². The van der Waals surface area contributed by atoms with Crippen molar-refractivity contribution < 1.29 is 9.53 Å². The highest BCUT2D eigenvalue weighted by Crippen LogP contribution is 2.27. The van der Waals surface area contributed by atoms with Crippen LogP contribution in [-0.4, -0.2) is 37.7 Å². The van der Waals surface area contributed by atoms with Gasteiger partial charge in [0.2, 0.25) is 0 Å². The van der Waals surface area contributed by atoms with E-state index >= 15 is 0 Å². The maximum atomic E-state index is 12.6. The highest BCUT2D eigenvalue weighted by molar-refractivity contribution is 7.14. The third-order valence-corrected chi connectivity index (χ3v) is 5.16. The number of anilines is 1. The van der Waals surface area contributed by atoms with Gasteiger partial charge in [-0.2, -0.15) is 0 Å². The quantitative estimate of drug-likeness (QED) is 0.483. The topological polar surface area (TPSA) is 94.8 Å². The molecule has 1 N–H and O–H groups in total. The molecule has 8 nitrogen and oxygen atoms in total. The molecule has 2 aromatic heterocycles. The van der Waals surface area contributed by atoms with E-state index in [0.717, 1.165) is 34.7 Å². The Morgan fingerprint density at radius 3 is 2.73 bits per heavy atom. The minimum atomic E-state index is -0.217. The Bertz CT molecular complexity index is 1140. The van der Waals surface area contributed by atoms with Crippen molar-refractivity contribution >= 4 is 22.4 Å². The Balaban J connectivity index is 1.44. The average molecular weight is 420 g/mol. The lowest BCUT2D eigenvalue weighted by molar-refractivity contribution is 0.102. The van der Waals surface area contributed by atoms with E-state index in [4.69, 9.17) is 4.74 Å². The van der Waals surface area contributed by atoms with Gasteiger partial charge in [0.05, 0.1) is 18.0 Å². The van der Waals surface area contributed by atoms with E-state index in [1.54, 1.807) is 16.8 Å². The van der Waals surface area contributed by atoms with Crippen molar-refractivity contribution in [1.29, 1.82) is 0 Å². The lowest BCUT2D eigenvalue weighted by Gasteiger charge is -2.07. The van der Waals surface area contributed by atoms with Crippen LogP contribution in [0.2, 0.25) is 0 Å². The number of hydrogen-bond acceptors (Lipinski definition) is 7. The van der Waals surface area contributed by atoms with E-state index in [0.29, 0.717) is 17.3 Å². The SMILES string of the molecule is CCCOc1ccc(-c2csc(NC(=O)c3ccc(-n4cnnn4)c(C)c3)n2)cc1. The molecule has 4 aromatic rings. The summed E-state index contributed by atoms with van der Waals surface area (Å²) < 4.78 is 7.17. The first-order valence-electron chi connectivity index (χ1n) is 9.48. The third kappa shape index (κ3) is 4.36. The van der Waals surface area contributed by atoms with Gasteiger partial charge >= 0.3 is 0 Å². The van der Waals surface area contributed by atoms with Crippen molar-refractivity contribution in [2.45, 2.75) is 20.3 Å². The summed E-state index contributed by atoms with van der Waals surface area (Å²) in [6.45, 7) is 4.68. The van der Waals surface area contributed by atoms with Crippen molar-refractivity contribution in [3.8, 4) is 22.7 Å². The number of nitrogens with one attached hydrogen (secondary N) is 1. The van der Waals surface area contributed by atoms with Gasteiger partial charge in [0.15, 0.2) is 5.13 Å². The maximum absolute atomic E-state index is 12.6. The van der Waals surface area contributed by atoms with Crippen LogP contribution in [-0.2, 0) is 0 Å². The predicted molar refractivity (Wildman–Crippen MR) is 115 cm³/mol. The minimum Gasteiger partial charge on any atom is -0.494 e. The molecule has 9 heteroatoms. The molecule has 0 atom stereocenters. The van der Waals surface area contributed by atoms with Crippen LogP contribution in [0.5, 0.6) is 5.75 Å². The van der Waals surface area contributed by atoms with E-state index < -0.39 is 0 Å². The van der Waals surface area contributed by atoms with Crippen LogP contribution in [0.3, 0.4) is 0 Å². The zero-order valence-corrected chi connectivity index (χ0v) is 17.4. The first-order chi connectivity index (χ1) is 14.6. The van der Waals surface area contributed by atoms with E-state index in [2.05, 4.69) is 32.7 Å². The highest BCUT2D eigenvalue weighted by atomic mass is 32.1. The molecule has 4 rings (SSSR count). The molecule has 0 aliphatic heterocycles. The van der Waals surface area contributed by atoms with Crippen LogP contribution in [0.1, 0.15) is 29.3 Å². The van der Waals surface area contributed by atoms with Gasteiger partial charge in [-0.25, -0.2) is 9.67 Å². The summed E-state index contributed by atoms with van der Waals surface area (Å²) >= 11 is 1.39. The fourth-order valence-corrected chi connectivity index (χ4v) is 3.62. The molecule has 0 aliphatic carbocycles. The molecule has 30 heavy (non-hydrogen) atoms. The summed E-state index contributed by atoms with van der Waals surface area (Å²) in [5, 5.41) is 16.5. The summed E-state index contributed by atoms with van der Waals surface area (Å²) in [6, 6.07) is 13.1. The number of thiazole rings is 1. The van der Waals surface area contributed by atoms with Gasteiger partial charge in [0.25, 0.3) is 5.91 Å². The van der Waals surface area contributed by atoms with Crippen LogP contribution in [0.25, 0.3) is 16.9 Å². The van der Waals surface area contributed by atoms with E-state index in [1.807, 2.05) is 42.6 Å². The second-order valence-corrected chi connectivity index (χ2v) is 7.48. The first-order valence-corrected chi connectivity index (χ1v) is 10.4. The number of amides is 1. The number of carbonyl (C=O) groups is 1. The van der Waals surface area contributed by atoms with Crippen molar-refractivity contribution in [2.75, 3.05) is 11.9 Å². The van der Waals surface area contributed by atoms with Crippen LogP contribution in [0, 0.1) is 6.92 Å². The Kier molecular flexibility index (Phi) is 5.80. The fraction of sp³-hybridized carbons (Fsp3) is 0.190. The number of hydrogen-bond donors (Lipinski definition) is 1. The van der Waals surface area contributed by atoms with Gasteiger partial charge in [0, 0.05) is 16.5 Å². The van der Waals surface area contributed by atoms with Crippen LogP contribution in [0.4, 0.5) is 5.13 Å². The Hall–Kier alpha value is -3.59. The second-order valence-electron chi connectivity index (χ2n) is 6.62. The van der Waals surface area contributed by atoms with E-state index in [-0.39, 0.29) is 5.91 Å². The molecule has 0 spiro atoms. The van der Waals surface area contributed by atoms with Crippen LogP contribution < -0.4 is 10.1 Å². The molecular formula is C21H20N6O2S. The zero-order valence-electron chi connectivity index (χ0n) is 16.6. The zero-order chi connectivity index (χ0) is 20.9. The van der Waals surface area contributed by atoms with Crippen molar-refractivity contribution in [1.82, 2.24) is 25.2 Å². The molecule has 0 saturated carbocycles. The minimum absolute atomic E-state index is 0.217. The summed E-state index contributed by atoms with van der Waals surface area (Å²) in [5.41, 5.74) is 4.03. The molecule has 2 aromatic carbocycles. The largest absolute Gasteiger partial charge is 0.494 e. The number of ether oxygens (including phenoxy) is 1. The molecule has 152 valence electrons. The van der Waals surface area contributed by atoms with Gasteiger partial charge in [-0.3, -0.25) is 10.1 Å². The Morgan fingerprint density at radius 2 is 2.03 bits per heavy atom. The van der Waals surface area contributed by atoms with Crippen LogP contribution in [0.15, 0.2) is 54.2 Å². The van der Waals surface area contributed by atoms with Gasteiger partial charge in [0.1, 0.15) is 12.1 Å². The lowest BCUT2D eigenvalue weighted by atomic mass is 10.1. The molecule has 0 fully saturated rings. The first kappa shape index (κ1) is 19.7. The number of tetrazole rings is 1. The summed E-state index contributed by atoms with van der Waals surface area (Å²) in [5.74, 6) is 0.621. The van der Waals surface area contributed by atoms with Crippen molar-refractivity contribution in [3.05, 3.63) is 65.3 Å². The standard InChI is InChI=1S/C21H20N6O2S/c1-3-10-29-17-7-4-15(5-8-17)18-12-30-21(23-18)24-20(28)16-6-9-19(14(2)11-16)27-13-22-25-26-27/h4-9,11-13H,3,10H2,1-2H3,(H,23,24,28). The normalized spacial score (nSPS) is 10.7. The predicted octanol–water partition coefficient (Wildman–Crippen LogP) is 4.14. The molecule has 0 radical (unpaired) electrons. The molecular weight excluding hydrogens is 400 g/mol. The number of nitrogens with zero attached hydrogens (tertiary/aromatic N) is 5. The average Bonchev–Trinajstić information content (AvgIpc) is 3.45. The fourth-order valence-electron chi connectivity index (χ4n) is 2.90. The number of rotatable bonds is 7. The van der Waals surface area contributed by atoms with Crippen LogP contribution >= 0.6 is 11.3 Å². The van der Waals surface area contributed by atoms with Gasteiger partial charge in [-0.15, -0.1) is 16.4 Å². The summed E-state index contributed by atoms with van der Waals surface area (Å²) in [4.78, 5) is 17.2. The molecule has 1 amide bonds. The Labute approximate surface area is 177 Å². The van der Waals surface area contributed by atoms with Gasteiger partial charge < -0.3 is 4.74 Å². The number of carbonyl (C=O) groups excluding carboxylic acids is 1. The van der Waals surface area contributed by atoms with E-state index in [1.165, 1.54) is 17.7 Å². The summed E-state index contributed by atoms with van der Waals surface area (Å²) in [6.07, 6.45) is 2.48. The maximum Gasteiger partial charge on any atom is 0.257 e. The molecule has 0 bridgehead atoms.